The second-order valence-electron chi connectivity index (χ2n) is 4.11. The molecule has 0 aromatic heterocycles. The normalized spacial score (nSPS) is 12.7. The van der Waals surface area contributed by atoms with Crippen molar-refractivity contribution in [1.29, 1.82) is 0 Å². The van der Waals surface area contributed by atoms with Crippen molar-refractivity contribution < 1.29 is 4.74 Å². The van der Waals surface area contributed by atoms with Gasteiger partial charge in [0.25, 0.3) is 0 Å². The van der Waals surface area contributed by atoms with E-state index >= 15 is 0 Å². The minimum atomic E-state index is 0.388. The molecule has 1 rings (SSSR count). The average molecular weight is 241 g/mol. The maximum absolute atomic E-state index is 5.92. The minimum absolute atomic E-state index is 0.388. The molecule has 0 amide bonds. The summed E-state index contributed by atoms with van der Waals surface area (Å²) in [6.07, 6.45) is 5.11. The number of unbranched alkanes of at least 4 members (excludes halogenated alkanes) is 1. The topological polar surface area (TPSA) is 9.23 Å². The molecule has 16 heavy (non-hydrogen) atoms. The molecule has 1 aromatic carbocycles. The molecule has 0 heterocycles. The van der Waals surface area contributed by atoms with Crippen LogP contribution in [-0.4, -0.2) is 6.10 Å². The van der Waals surface area contributed by atoms with E-state index in [-0.39, 0.29) is 0 Å². The quantitative estimate of drug-likeness (QED) is 0.664. The Kier molecular flexibility index (Phi) is 6.51. The summed E-state index contributed by atoms with van der Waals surface area (Å²) in [4.78, 5) is 0. The van der Waals surface area contributed by atoms with Gasteiger partial charge in [0, 0.05) is 5.02 Å². The largest absolute Gasteiger partial charge is 0.374 e. The highest BCUT2D eigenvalue weighted by molar-refractivity contribution is 6.30. The molecule has 0 aliphatic carbocycles. The molecule has 1 aromatic rings. The van der Waals surface area contributed by atoms with Crippen molar-refractivity contribution in [3.05, 3.63) is 34.9 Å². The minimum Gasteiger partial charge on any atom is -0.374 e. The van der Waals surface area contributed by atoms with Gasteiger partial charge in [0.05, 0.1) is 12.7 Å². The van der Waals surface area contributed by atoms with Gasteiger partial charge in [0.1, 0.15) is 0 Å². The Balaban J connectivity index is 2.37. The highest BCUT2D eigenvalue weighted by atomic mass is 35.5. The molecule has 0 bridgehead atoms. The fourth-order valence-electron chi connectivity index (χ4n) is 1.68. The number of ether oxygens (including phenoxy) is 1. The van der Waals surface area contributed by atoms with Crippen LogP contribution >= 0.6 is 11.6 Å². The van der Waals surface area contributed by atoms with Crippen molar-refractivity contribution in [3.63, 3.8) is 0 Å². The monoisotopic (exact) mass is 240 g/mol. The number of halogens is 1. The summed E-state index contributed by atoms with van der Waals surface area (Å²) in [5, 5.41) is 0.780. The Labute approximate surface area is 104 Å². The third-order valence-corrected chi connectivity index (χ3v) is 2.94. The molecule has 0 radical (unpaired) electrons. The Hall–Kier alpha value is -0.530. The first-order chi connectivity index (χ1) is 7.76. The van der Waals surface area contributed by atoms with Gasteiger partial charge >= 0.3 is 0 Å². The molecule has 0 aliphatic heterocycles. The van der Waals surface area contributed by atoms with Crippen LogP contribution in [0, 0.1) is 0 Å². The van der Waals surface area contributed by atoms with Crippen LogP contribution in [0.1, 0.15) is 45.1 Å². The van der Waals surface area contributed by atoms with Crippen LogP contribution in [0.3, 0.4) is 0 Å². The van der Waals surface area contributed by atoms with Crippen LogP contribution in [-0.2, 0) is 11.3 Å². The van der Waals surface area contributed by atoms with E-state index < -0.39 is 0 Å². The van der Waals surface area contributed by atoms with E-state index in [9.17, 15) is 0 Å². The lowest BCUT2D eigenvalue weighted by Gasteiger charge is -2.15. The van der Waals surface area contributed by atoms with Crippen molar-refractivity contribution in [1.82, 2.24) is 0 Å². The van der Waals surface area contributed by atoms with E-state index in [1.165, 1.54) is 12.8 Å². The zero-order chi connectivity index (χ0) is 11.8. The number of benzene rings is 1. The molecule has 2 heteroatoms. The van der Waals surface area contributed by atoms with Crippen molar-refractivity contribution in [3.8, 4) is 0 Å². The number of rotatable bonds is 7. The van der Waals surface area contributed by atoms with Gasteiger partial charge in [-0.25, -0.2) is 0 Å². The summed E-state index contributed by atoms with van der Waals surface area (Å²) in [5.41, 5.74) is 1.16. The van der Waals surface area contributed by atoms with Gasteiger partial charge in [-0.05, 0) is 30.5 Å². The molecule has 0 aliphatic rings. The van der Waals surface area contributed by atoms with Crippen molar-refractivity contribution in [2.24, 2.45) is 0 Å². The second-order valence-corrected chi connectivity index (χ2v) is 4.55. The van der Waals surface area contributed by atoms with Crippen LogP contribution in [0.2, 0.25) is 5.02 Å². The predicted molar refractivity (Wildman–Crippen MR) is 69.8 cm³/mol. The Morgan fingerprint density at radius 3 is 2.75 bits per heavy atom. The molecule has 0 saturated carbocycles. The summed E-state index contributed by atoms with van der Waals surface area (Å²) in [6, 6.07) is 7.87. The van der Waals surface area contributed by atoms with E-state index in [1.54, 1.807) is 0 Å². The van der Waals surface area contributed by atoms with Crippen LogP contribution in [0.5, 0.6) is 0 Å². The fourth-order valence-corrected chi connectivity index (χ4v) is 1.89. The number of hydrogen-bond donors (Lipinski definition) is 0. The maximum atomic E-state index is 5.92. The van der Waals surface area contributed by atoms with E-state index in [4.69, 9.17) is 16.3 Å². The number of hydrogen-bond acceptors (Lipinski definition) is 1. The molecule has 0 spiro atoms. The fraction of sp³-hybridized carbons (Fsp3) is 0.571. The smallest absolute Gasteiger partial charge is 0.0721 e. The first kappa shape index (κ1) is 13.5. The van der Waals surface area contributed by atoms with Gasteiger partial charge < -0.3 is 4.74 Å². The second kappa shape index (κ2) is 7.70. The standard InChI is InChI=1S/C14H21ClO/c1-3-5-9-14(4-2)16-11-12-7-6-8-13(15)10-12/h6-8,10,14H,3-5,9,11H2,1-2H3/t14-/m1/s1. The molecular weight excluding hydrogens is 220 g/mol. The lowest BCUT2D eigenvalue weighted by atomic mass is 10.1. The van der Waals surface area contributed by atoms with Gasteiger partial charge in [0.2, 0.25) is 0 Å². The highest BCUT2D eigenvalue weighted by Crippen LogP contribution is 2.15. The van der Waals surface area contributed by atoms with Crippen LogP contribution in [0.4, 0.5) is 0 Å². The van der Waals surface area contributed by atoms with Crippen LogP contribution < -0.4 is 0 Å². The maximum Gasteiger partial charge on any atom is 0.0721 e. The lowest BCUT2D eigenvalue weighted by Crippen LogP contribution is -2.11. The van der Waals surface area contributed by atoms with Gasteiger partial charge in [-0.15, -0.1) is 0 Å². The lowest BCUT2D eigenvalue weighted by molar-refractivity contribution is 0.0312. The van der Waals surface area contributed by atoms with E-state index in [1.807, 2.05) is 18.2 Å². The SMILES string of the molecule is CCCC[C@@H](CC)OCc1cccc(Cl)c1. The summed E-state index contributed by atoms with van der Waals surface area (Å²) >= 11 is 5.92. The summed E-state index contributed by atoms with van der Waals surface area (Å²) in [6.45, 7) is 5.06. The van der Waals surface area contributed by atoms with Crippen molar-refractivity contribution >= 4 is 11.6 Å². The van der Waals surface area contributed by atoms with Gasteiger partial charge in [-0.2, -0.15) is 0 Å². The molecule has 0 unspecified atom stereocenters. The molecule has 0 saturated heterocycles. The average Bonchev–Trinajstić information content (AvgIpc) is 2.29. The van der Waals surface area contributed by atoms with Gasteiger partial charge in [-0.3, -0.25) is 0 Å². The predicted octanol–water partition coefficient (Wildman–Crippen LogP) is 4.83. The van der Waals surface area contributed by atoms with Crippen molar-refractivity contribution in [2.45, 2.75) is 52.2 Å². The first-order valence-electron chi connectivity index (χ1n) is 6.12. The highest BCUT2D eigenvalue weighted by Gasteiger charge is 2.06. The molecule has 1 nitrogen and oxygen atoms in total. The van der Waals surface area contributed by atoms with Crippen molar-refractivity contribution in [2.75, 3.05) is 0 Å². The Morgan fingerprint density at radius 2 is 2.12 bits per heavy atom. The Morgan fingerprint density at radius 1 is 1.31 bits per heavy atom. The van der Waals surface area contributed by atoms with Crippen LogP contribution in [0.25, 0.3) is 0 Å². The molecule has 0 N–H and O–H groups in total. The third kappa shape index (κ3) is 5.00. The zero-order valence-corrected chi connectivity index (χ0v) is 11.0. The zero-order valence-electron chi connectivity index (χ0n) is 10.2. The molecule has 90 valence electrons. The Bertz CT molecular complexity index is 299. The summed E-state index contributed by atoms with van der Waals surface area (Å²) in [7, 11) is 0. The van der Waals surface area contributed by atoms with E-state index in [2.05, 4.69) is 19.9 Å². The molecule has 1 atom stereocenters. The van der Waals surface area contributed by atoms with E-state index in [0.29, 0.717) is 12.7 Å². The summed E-state index contributed by atoms with van der Waals surface area (Å²) in [5.74, 6) is 0. The van der Waals surface area contributed by atoms with Gasteiger partial charge in [0.15, 0.2) is 0 Å². The van der Waals surface area contributed by atoms with Gasteiger partial charge in [-0.1, -0.05) is 50.4 Å². The summed E-state index contributed by atoms with van der Waals surface area (Å²) < 4.78 is 5.88. The molecular formula is C14H21ClO. The van der Waals surface area contributed by atoms with E-state index in [0.717, 1.165) is 23.4 Å². The third-order valence-electron chi connectivity index (χ3n) is 2.71. The molecule has 0 fully saturated rings. The van der Waals surface area contributed by atoms with Crippen LogP contribution in [0.15, 0.2) is 24.3 Å². The first-order valence-corrected chi connectivity index (χ1v) is 6.50.